The maximum absolute atomic E-state index is 15.0. The number of ether oxygens (including phenoxy) is 2. The van der Waals surface area contributed by atoms with Gasteiger partial charge < -0.3 is 24.9 Å². The highest BCUT2D eigenvalue weighted by molar-refractivity contribution is 6.65. The number of halogens is 1. The molecule has 3 N–H and O–H groups in total. The van der Waals surface area contributed by atoms with Gasteiger partial charge >= 0.3 is 13.0 Å². The minimum atomic E-state index is -1.62. The molecule has 0 unspecified atom stereocenters. The molecular formula is C30H42BFN2O6. The van der Waals surface area contributed by atoms with Crippen molar-refractivity contribution in [3.05, 3.63) is 36.4 Å². The Bertz CT molecular complexity index is 1180. The van der Waals surface area contributed by atoms with Crippen molar-refractivity contribution in [1.82, 2.24) is 5.34 Å². The average Bonchev–Trinajstić information content (AvgIpc) is 2.92. The van der Waals surface area contributed by atoms with Crippen LogP contribution in [0.3, 0.4) is 0 Å². The smallest absolute Gasteiger partial charge is 0.464 e. The molecule has 0 radical (unpaired) electrons. The summed E-state index contributed by atoms with van der Waals surface area (Å²) in [5.41, 5.74) is -0.638. The SMILES string of the molecule is C=C[C@]1(C)C[C@@H](OC(=O)COc2ccc3c(c2)B(O)NN=C3)[C@@]2(C)C[C@](C[C@H](F)C(C)=O)(CC[C@H]2C)[C@@H](C)[C@@H]1O. The first kappa shape index (κ1) is 30.2. The molecule has 2 saturated carbocycles. The maximum atomic E-state index is 15.0. The fourth-order valence-corrected chi connectivity index (χ4v) is 7.15. The number of hydrogen-bond donors (Lipinski definition) is 3. The molecule has 2 aliphatic carbocycles. The topological polar surface area (TPSA) is 117 Å². The number of nitrogens with zero attached hydrogens (tertiary/aromatic N) is 1. The molecule has 1 aromatic rings. The summed E-state index contributed by atoms with van der Waals surface area (Å²) in [6.45, 7) is 13.0. The van der Waals surface area contributed by atoms with E-state index < -0.39 is 53.4 Å². The van der Waals surface area contributed by atoms with Crippen LogP contribution >= 0.6 is 0 Å². The maximum Gasteiger partial charge on any atom is 0.464 e. The number of rotatable bonds is 8. The number of hydrogen-bond acceptors (Lipinski definition) is 8. The van der Waals surface area contributed by atoms with E-state index in [9.17, 15) is 19.7 Å². The Morgan fingerprint density at radius 1 is 1.35 bits per heavy atom. The van der Waals surface area contributed by atoms with Gasteiger partial charge in [0, 0.05) is 10.8 Å². The van der Waals surface area contributed by atoms with Gasteiger partial charge in [0.05, 0.1) is 12.3 Å². The molecule has 2 bridgehead atoms. The molecule has 2 fully saturated rings. The van der Waals surface area contributed by atoms with E-state index in [1.165, 1.54) is 6.92 Å². The van der Waals surface area contributed by atoms with E-state index in [4.69, 9.17) is 9.47 Å². The largest absolute Gasteiger partial charge is 0.482 e. The van der Waals surface area contributed by atoms with E-state index in [0.29, 0.717) is 30.5 Å². The van der Waals surface area contributed by atoms with Gasteiger partial charge in [-0.05, 0) is 79.4 Å². The molecule has 40 heavy (non-hydrogen) atoms. The normalized spacial score (nSPS) is 35.9. The number of Topliss-reactive ketones (excluding diaryl/α,β-unsaturated/α-hetero) is 1. The lowest BCUT2D eigenvalue weighted by Gasteiger charge is -2.60. The van der Waals surface area contributed by atoms with Crippen molar-refractivity contribution in [2.75, 3.05) is 6.61 Å². The summed E-state index contributed by atoms with van der Waals surface area (Å²) in [7, 11) is -0.976. The van der Waals surface area contributed by atoms with E-state index in [0.717, 1.165) is 12.0 Å². The Morgan fingerprint density at radius 3 is 2.75 bits per heavy atom. The summed E-state index contributed by atoms with van der Waals surface area (Å²) in [5, 5.41) is 28.2. The quantitative estimate of drug-likeness (QED) is 0.256. The highest BCUT2D eigenvalue weighted by atomic mass is 19.1. The monoisotopic (exact) mass is 556 g/mol. The first-order chi connectivity index (χ1) is 18.7. The molecule has 0 spiro atoms. The van der Waals surface area contributed by atoms with Crippen molar-refractivity contribution in [3.63, 3.8) is 0 Å². The Morgan fingerprint density at radius 2 is 2.08 bits per heavy atom. The van der Waals surface area contributed by atoms with Crippen LogP contribution in [0, 0.1) is 28.1 Å². The van der Waals surface area contributed by atoms with Crippen molar-refractivity contribution in [2.24, 2.45) is 33.2 Å². The lowest BCUT2D eigenvalue weighted by Crippen LogP contribution is -2.58. The van der Waals surface area contributed by atoms with Gasteiger partial charge in [-0.3, -0.25) is 4.79 Å². The molecule has 8 nitrogen and oxygen atoms in total. The van der Waals surface area contributed by atoms with Crippen molar-refractivity contribution >= 4 is 30.5 Å². The highest BCUT2D eigenvalue weighted by Gasteiger charge is 2.59. The fraction of sp³-hybridized carbons (Fsp3) is 0.633. The third-order valence-corrected chi connectivity index (χ3v) is 10.3. The van der Waals surface area contributed by atoms with E-state index in [1.807, 2.05) is 13.8 Å². The third kappa shape index (κ3) is 5.57. The van der Waals surface area contributed by atoms with Gasteiger partial charge in [0.1, 0.15) is 11.9 Å². The number of nitrogens with one attached hydrogen (secondary N) is 1. The summed E-state index contributed by atoms with van der Waals surface area (Å²) >= 11 is 0. The van der Waals surface area contributed by atoms with Gasteiger partial charge in [-0.15, -0.1) is 6.58 Å². The molecule has 3 aliphatic rings. The average molecular weight is 556 g/mol. The van der Waals surface area contributed by atoms with Crippen LogP contribution in [0.1, 0.15) is 72.3 Å². The van der Waals surface area contributed by atoms with E-state index in [2.05, 4.69) is 30.9 Å². The van der Waals surface area contributed by atoms with Crippen molar-refractivity contribution in [2.45, 2.75) is 85.1 Å². The molecule has 10 heteroatoms. The predicted octanol–water partition coefficient (Wildman–Crippen LogP) is 3.32. The molecule has 0 saturated heterocycles. The number of carbonyl (C=O) groups is 2. The Balaban J connectivity index is 1.59. The van der Waals surface area contributed by atoms with E-state index in [1.54, 1.807) is 30.5 Å². The third-order valence-electron chi connectivity index (χ3n) is 10.3. The van der Waals surface area contributed by atoms with Crippen LogP contribution in [-0.4, -0.2) is 60.1 Å². The van der Waals surface area contributed by atoms with Crippen molar-refractivity contribution in [3.8, 4) is 5.75 Å². The van der Waals surface area contributed by atoms with Gasteiger partial charge in [-0.25, -0.2) is 9.18 Å². The zero-order chi connectivity index (χ0) is 29.5. The molecule has 1 aliphatic heterocycles. The molecule has 0 aromatic heterocycles. The summed E-state index contributed by atoms with van der Waals surface area (Å²) in [6.07, 6.45) is 2.58. The van der Waals surface area contributed by atoms with Crippen LogP contribution in [0.15, 0.2) is 36.0 Å². The molecule has 0 amide bonds. The number of aliphatic hydroxyl groups excluding tert-OH is 1. The molecule has 1 aromatic carbocycles. The number of ketones is 1. The zero-order valence-corrected chi connectivity index (χ0v) is 24.2. The van der Waals surface area contributed by atoms with Crippen molar-refractivity contribution in [1.29, 1.82) is 0 Å². The lowest BCUT2D eigenvalue weighted by atomic mass is 9.47. The number of aliphatic hydroxyl groups is 1. The van der Waals surface area contributed by atoms with Gasteiger partial charge in [-0.1, -0.05) is 39.8 Å². The Hall–Kier alpha value is -2.72. The molecule has 4 rings (SSSR count). The summed E-state index contributed by atoms with van der Waals surface area (Å²) in [5.74, 6) is -0.808. The number of esters is 1. The van der Waals surface area contributed by atoms with Gasteiger partial charge in [-0.2, -0.15) is 5.10 Å². The molecule has 1 heterocycles. The van der Waals surface area contributed by atoms with Gasteiger partial charge in [0.2, 0.25) is 0 Å². The highest BCUT2D eigenvalue weighted by Crippen LogP contribution is 2.62. The second-order valence-electron chi connectivity index (χ2n) is 12.8. The second kappa shape index (κ2) is 11.3. The van der Waals surface area contributed by atoms with Crippen LogP contribution in [0.2, 0.25) is 0 Å². The van der Waals surface area contributed by atoms with Crippen LogP contribution in [-0.2, 0) is 14.3 Å². The first-order valence-electron chi connectivity index (χ1n) is 14.1. The number of benzene rings is 1. The zero-order valence-electron chi connectivity index (χ0n) is 24.2. The number of carbonyl (C=O) groups excluding carboxylic acids is 2. The van der Waals surface area contributed by atoms with Gasteiger partial charge in [0.25, 0.3) is 0 Å². The minimum absolute atomic E-state index is 0.0314. The van der Waals surface area contributed by atoms with Crippen LogP contribution in [0.25, 0.3) is 0 Å². The van der Waals surface area contributed by atoms with Crippen molar-refractivity contribution < 1.29 is 33.6 Å². The predicted molar refractivity (Wildman–Crippen MR) is 152 cm³/mol. The second-order valence-corrected chi connectivity index (χ2v) is 12.8. The van der Waals surface area contributed by atoms with Crippen LogP contribution < -0.4 is 15.5 Å². The molecular weight excluding hydrogens is 514 g/mol. The fourth-order valence-electron chi connectivity index (χ4n) is 7.15. The minimum Gasteiger partial charge on any atom is -0.482 e. The number of fused-ring (bicyclic) bond motifs is 3. The number of hydrazone groups is 1. The summed E-state index contributed by atoms with van der Waals surface area (Å²) in [6, 6.07) is 5.09. The summed E-state index contributed by atoms with van der Waals surface area (Å²) < 4.78 is 26.9. The molecule has 218 valence electrons. The summed E-state index contributed by atoms with van der Waals surface area (Å²) in [4.78, 5) is 25.2. The molecule has 8 atom stereocenters. The van der Waals surface area contributed by atoms with E-state index in [-0.39, 0.29) is 24.9 Å². The Labute approximate surface area is 236 Å². The number of alkyl halides is 1. The van der Waals surface area contributed by atoms with Crippen LogP contribution in [0.4, 0.5) is 4.39 Å². The Kier molecular flexibility index (Phi) is 8.53. The van der Waals surface area contributed by atoms with Gasteiger partial charge in [0.15, 0.2) is 18.6 Å². The van der Waals surface area contributed by atoms with E-state index >= 15 is 4.39 Å². The lowest BCUT2D eigenvalue weighted by molar-refractivity contribution is -0.192. The first-order valence-corrected chi connectivity index (χ1v) is 14.1. The standard InChI is InChI=1S/C30H42BFN2O6/c1-7-28(5)14-25(40-26(36)16-39-22-9-8-21-15-33-34-31(38)23(21)12-22)29(6)17-30(11-10-18(29)2,19(3)27(28)37)13-24(32)20(4)35/h7-9,12,15,18-19,24-25,27,34,37-38H,1,10-11,13-14,16-17H2,2-6H3/t18-,19+,24+,25-,27+,28-,29+,30-/m1/s1. The van der Waals surface area contributed by atoms with Crippen LogP contribution in [0.5, 0.6) is 5.75 Å².